The largest absolute Gasteiger partial charge is 0.338 e. The molecule has 1 aliphatic rings. The van der Waals surface area contributed by atoms with Gasteiger partial charge in [-0.3, -0.25) is 0 Å². The van der Waals surface area contributed by atoms with Crippen molar-refractivity contribution in [3.8, 4) is 0 Å². The standard InChI is InChI=1S/C11H23N3O/c1-3-6-12-11(15)13-10(2)9-14-7-4-5-8-14/h10H,3-9H2,1-2H3,(H2,12,13,15). The van der Waals surface area contributed by atoms with E-state index >= 15 is 0 Å². The van der Waals surface area contributed by atoms with E-state index in [0.29, 0.717) is 0 Å². The van der Waals surface area contributed by atoms with E-state index in [2.05, 4.69) is 22.5 Å². The SMILES string of the molecule is CCCNC(=O)NC(C)CN1CCCC1. The molecule has 1 rings (SSSR count). The molecule has 0 aliphatic carbocycles. The molecule has 4 heteroatoms. The van der Waals surface area contributed by atoms with Gasteiger partial charge in [-0.25, -0.2) is 4.79 Å². The number of amides is 2. The van der Waals surface area contributed by atoms with Crippen LogP contribution in [-0.2, 0) is 0 Å². The lowest BCUT2D eigenvalue weighted by Gasteiger charge is -2.21. The highest BCUT2D eigenvalue weighted by Crippen LogP contribution is 2.07. The Morgan fingerprint density at radius 3 is 2.67 bits per heavy atom. The van der Waals surface area contributed by atoms with Crippen molar-refractivity contribution in [2.24, 2.45) is 0 Å². The quantitative estimate of drug-likeness (QED) is 0.720. The highest BCUT2D eigenvalue weighted by atomic mass is 16.2. The minimum atomic E-state index is -0.0384. The average Bonchev–Trinajstić information content (AvgIpc) is 2.67. The third-order valence-corrected chi connectivity index (χ3v) is 2.64. The number of hydrogen-bond acceptors (Lipinski definition) is 2. The Labute approximate surface area is 92.4 Å². The lowest BCUT2D eigenvalue weighted by atomic mass is 10.3. The molecular weight excluding hydrogens is 190 g/mol. The van der Waals surface area contributed by atoms with Gasteiger partial charge in [0.15, 0.2) is 0 Å². The molecule has 0 spiro atoms. The molecule has 1 atom stereocenters. The summed E-state index contributed by atoms with van der Waals surface area (Å²) in [5.41, 5.74) is 0. The Morgan fingerprint density at radius 1 is 1.40 bits per heavy atom. The number of nitrogens with zero attached hydrogens (tertiary/aromatic N) is 1. The number of urea groups is 1. The van der Waals surface area contributed by atoms with Gasteiger partial charge in [-0.15, -0.1) is 0 Å². The van der Waals surface area contributed by atoms with E-state index in [0.717, 1.165) is 19.5 Å². The molecular formula is C11H23N3O. The maximum atomic E-state index is 11.3. The molecule has 0 aromatic rings. The van der Waals surface area contributed by atoms with E-state index < -0.39 is 0 Å². The summed E-state index contributed by atoms with van der Waals surface area (Å²) in [5.74, 6) is 0. The number of carbonyl (C=O) groups excluding carboxylic acids is 1. The molecule has 15 heavy (non-hydrogen) atoms. The van der Waals surface area contributed by atoms with Crippen molar-refractivity contribution in [1.29, 1.82) is 0 Å². The lowest BCUT2D eigenvalue weighted by Crippen LogP contribution is -2.45. The third kappa shape index (κ3) is 5.02. The molecule has 1 fully saturated rings. The average molecular weight is 213 g/mol. The van der Waals surface area contributed by atoms with Gasteiger partial charge in [-0.1, -0.05) is 6.92 Å². The number of carbonyl (C=O) groups is 1. The molecule has 1 saturated heterocycles. The van der Waals surface area contributed by atoms with Crippen LogP contribution in [0.5, 0.6) is 0 Å². The fourth-order valence-corrected chi connectivity index (χ4v) is 1.91. The molecule has 1 unspecified atom stereocenters. The second-order valence-corrected chi connectivity index (χ2v) is 4.31. The predicted molar refractivity (Wildman–Crippen MR) is 62.0 cm³/mol. The molecule has 1 heterocycles. The predicted octanol–water partition coefficient (Wildman–Crippen LogP) is 1.18. The van der Waals surface area contributed by atoms with Gasteiger partial charge in [0.05, 0.1) is 0 Å². The molecule has 2 amide bonds. The zero-order valence-corrected chi connectivity index (χ0v) is 9.88. The molecule has 0 aromatic heterocycles. The van der Waals surface area contributed by atoms with Gasteiger partial charge >= 0.3 is 6.03 Å². The van der Waals surface area contributed by atoms with Gasteiger partial charge in [0, 0.05) is 19.1 Å². The first-order valence-corrected chi connectivity index (χ1v) is 5.99. The summed E-state index contributed by atoms with van der Waals surface area (Å²) in [5, 5.41) is 5.77. The summed E-state index contributed by atoms with van der Waals surface area (Å²) in [4.78, 5) is 13.8. The second-order valence-electron chi connectivity index (χ2n) is 4.31. The summed E-state index contributed by atoms with van der Waals surface area (Å²) in [6.07, 6.45) is 3.58. The Balaban J connectivity index is 2.11. The highest BCUT2D eigenvalue weighted by Gasteiger charge is 2.15. The van der Waals surface area contributed by atoms with E-state index in [-0.39, 0.29) is 12.1 Å². The first-order valence-electron chi connectivity index (χ1n) is 5.99. The van der Waals surface area contributed by atoms with E-state index in [4.69, 9.17) is 0 Å². The monoisotopic (exact) mass is 213 g/mol. The van der Waals surface area contributed by atoms with Gasteiger partial charge in [0.25, 0.3) is 0 Å². The summed E-state index contributed by atoms with van der Waals surface area (Å²) in [6, 6.07) is 0.198. The van der Waals surface area contributed by atoms with Crippen molar-refractivity contribution < 1.29 is 4.79 Å². The van der Waals surface area contributed by atoms with Crippen LogP contribution in [0, 0.1) is 0 Å². The molecule has 0 aromatic carbocycles. The van der Waals surface area contributed by atoms with Gasteiger partial charge in [0.1, 0.15) is 0 Å². The zero-order chi connectivity index (χ0) is 11.1. The van der Waals surface area contributed by atoms with Crippen molar-refractivity contribution in [2.75, 3.05) is 26.2 Å². The number of hydrogen-bond donors (Lipinski definition) is 2. The smallest absolute Gasteiger partial charge is 0.315 e. The minimum Gasteiger partial charge on any atom is -0.338 e. The molecule has 4 nitrogen and oxygen atoms in total. The van der Waals surface area contributed by atoms with Crippen LogP contribution in [0.1, 0.15) is 33.1 Å². The topological polar surface area (TPSA) is 44.4 Å². The fourth-order valence-electron chi connectivity index (χ4n) is 1.91. The van der Waals surface area contributed by atoms with E-state index in [1.54, 1.807) is 0 Å². The van der Waals surface area contributed by atoms with Gasteiger partial charge in [0.2, 0.25) is 0 Å². The van der Waals surface area contributed by atoms with Crippen molar-refractivity contribution >= 4 is 6.03 Å². The molecule has 0 radical (unpaired) electrons. The van der Waals surface area contributed by atoms with E-state index in [1.165, 1.54) is 25.9 Å². The number of likely N-dealkylation sites (tertiary alicyclic amines) is 1. The Bertz CT molecular complexity index is 190. The second kappa shape index (κ2) is 6.67. The van der Waals surface area contributed by atoms with Crippen LogP contribution in [0.3, 0.4) is 0 Å². The van der Waals surface area contributed by atoms with Crippen LogP contribution in [0.15, 0.2) is 0 Å². The minimum absolute atomic E-state index is 0.0384. The molecule has 0 bridgehead atoms. The number of nitrogens with one attached hydrogen (secondary N) is 2. The third-order valence-electron chi connectivity index (χ3n) is 2.64. The van der Waals surface area contributed by atoms with Crippen LogP contribution in [-0.4, -0.2) is 43.2 Å². The molecule has 88 valence electrons. The van der Waals surface area contributed by atoms with Gasteiger partial charge in [-0.2, -0.15) is 0 Å². The Morgan fingerprint density at radius 2 is 2.07 bits per heavy atom. The highest BCUT2D eigenvalue weighted by molar-refractivity contribution is 5.74. The number of rotatable bonds is 5. The first-order chi connectivity index (χ1) is 7.22. The normalized spacial score (nSPS) is 18.8. The van der Waals surface area contributed by atoms with E-state index in [9.17, 15) is 4.79 Å². The van der Waals surface area contributed by atoms with Gasteiger partial charge < -0.3 is 15.5 Å². The summed E-state index contributed by atoms with van der Waals surface area (Å²) in [7, 11) is 0. The van der Waals surface area contributed by atoms with Crippen molar-refractivity contribution in [2.45, 2.75) is 39.2 Å². The van der Waals surface area contributed by atoms with Crippen LogP contribution in [0.2, 0.25) is 0 Å². The van der Waals surface area contributed by atoms with Crippen LogP contribution < -0.4 is 10.6 Å². The lowest BCUT2D eigenvalue weighted by molar-refractivity contribution is 0.231. The fraction of sp³-hybridized carbons (Fsp3) is 0.909. The van der Waals surface area contributed by atoms with Crippen molar-refractivity contribution in [3.05, 3.63) is 0 Å². The molecule has 0 saturated carbocycles. The van der Waals surface area contributed by atoms with Crippen molar-refractivity contribution in [3.63, 3.8) is 0 Å². The van der Waals surface area contributed by atoms with Crippen molar-refractivity contribution in [1.82, 2.24) is 15.5 Å². The van der Waals surface area contributed by atoms with Crippen LogP contribution >= 0.6 is 0 Å². The van der Waals surface area contributed by atoms with Gasteiger partial charge in [-0.05, 0) is 39.3 Å². The van der Waals surface area contributed by atoms with E-state index in [1.807, 2.05) is 6.92 Å². The first kappa shape index (κ1) is 12.3. The van der Waals surface area contributed by atoms with Crippen LogP contribution in [0.4, 0.5) is 4.79 Å². The summed E-state index contributed by atoms with van der Waals surface area (Å²) in [6.45, 7) is 8.20. The molecule has 1 aliphatic heterocycles. The maximum Gasteiger partial charge on any atom is 0.315 e. The summed E-state index contributed by atoms with van der Waals surface area (Å²) < 4.78 is 0. The zero-order valence-electron chi connectivity index (χ0n) is 9.88. The Hall–Kier alpha value is -0.770. The maximum absolute atomic E-state index is 11.3. The van der Waals surface area contributed by atoms with Crippen LogP contribution in [0.25, 0.3) is 0 Å². The molecule has 2 N–H and O–H groups in total. The summed E-state index contributed by atoms with van der Waals surface area (Å²) >= 11 is 0. The Kier molecular flexibility index (Phi) is 5.47.